The van der Waals surface area contributed by atoms with Crippen LogP contribution in [0.1, 0.15) is 72.9 Å². The molecule has 202 valence electrons. The topological polar surface area (TPSA) is 93.9 Å². The van der Waals surface area contributed by atoms with Gasteiger partial charge in [0.15, 0.2) is 0 Å². The highest BCUT2D eigenvalue weighted by Crippen LogP contribution is 2.38. The van der Waals surface area contributed by atoms with Crippen molar-refractivity contribution in [1.82, 2.24) is 14.5 Å². The van der Waals surface area contributed by atoms with Crippen molar-refractivity contribution < 1.29 is 28.6 Å². The molecule has 0 saturated heterocycles. The van der Waals surface area contributed by atoms with E-state index in [1.54, 1.807) is 11.0 Å². The zero-order valence-electron chi connectivity index (χ0n) is 21.9. The molecule has 2 aliphatic rings. The van der Waals surface area contributed by atoms with Crippen LogP contribution in [0.4, 0.5) is 9.18 Å². The van der Waals surface area contributed by atoms with Crippen LogP contribution in [0.3, 0.4) is 0 Å². The van der Waals surface area contributed by atoms with Crippen LogP contribution in [-0.2, 0) is 29.0 Å². The summed E-state index contributed by atoms with van der Waals surface area (Å²) in [4.78, 5) is 31.1. The summed E-state index contributed by atoms with van der Waals surface area (Å²) in [5.74, 6) is -0.334. The third-order valence-corrected chi connectivity index (χ3v) is 7.98. The van der Waals surface area contributed by atoms with Gasteiger partial charge in [0.25, 0.3) is 0 Å². The number of carboxylic acid groups (broad SMARTS) is 1. The standard InChI is InChI=1S/C29H34FN3O5/c1-37-23-13-20(12-22(30)15-23)21(14-26(34)35)16-33-25-9-8-18-10-11-32(29(36)38-2)17-24(18)27(25)31-28(33)19-6-4-3-5-7-19/h8-9,12-13,15,19,21H,3-7,10-11,14,16-17H2,1-2H3,(H,34,35)/t21-/m0/s1. The van der Waals surface area contributed by atoms with Gasteiger partial charge < -0.3 is 24.0 Å². The summed E-state index contributed by atoms with van der Waals surface area (Å²) >= 11 is 0. The van der Waals surface area contributed by atoms with Crippen molar-refractivity contribution in [2.75, 3.05) is 20.8 Å². The van der Waals surface area contributed by atoms with Crippen molar-refractivity contribution in [2.24, 2.45) is 0 Å². The minimum atomic E-state index is -0.951. The summed E-state index contributed by atoms with van der Waals surface area (Å²) in [5, 5.41) is 9.76. The predicted octanol–water partition coefficient (Wildman–Crippen LogP) is 5.61. The molecule has 5 rings (SSSR count). The van der Waals surface area contributed by atoms with Gasteiger partial charge in [-0.3, -0.25) is 4.79 Å². The van der Waals surface area contributed by atoms with Crippen molar-refractivity contribution in [3.63, 3.8) is 0 Å². The van der Waals surface area contributed by atoms with Crippen LogP contribution in [0.15, 0.2) is 30.3 Å². The number of aromatic nitrogens is 2. The molecule has 1 amide bonds. The highest BCUT2D eigenvalue weighted by Gasteiger charge is 2.29. The Labute approximate surface area is 221 Å². The van der Waals surface area contributed by atoms with Gasteiger partial charge in [-0.1, -0.05) is 25.3 Å². The molecule has 38 heavy (non-hydrogen) atoms. The highest BCUT2D eigenvalue weighted by molar-refractivity contribution is 5.82. The molecule has 2 aromatic carbocycles. The molecule has 0 bridgehead atoms. The van der Waals surface area contributed by atoms with E-state index in [1.165, 1.54) is 32.8 Å². The van der Waals surface area contributed by atoms with Gasteiger partial charge in [0.1, 0.15) is 17.4 Å². The summed E-state index contributed by atoms with van der Waals surface area (Å²) in [6, 6.07) is 8.55. The number of fused-ring (bicyclic) bond motifs is 3. The Kier molecular flexibility index (Phi) is 7.53. The van der Waals surface area contributed by atoms with E-state index < -0.39 is 17.7 Å². The van der Waals surface area contributed by atoms with Gasteiger partial charge in [-0.05, 0) is 48.6 Å². The molecule has 1 fully saturated rings. The number of amides is 1. The first-order valence-electron chi connectivity index (χ1n) is 13.3. The number of imidazole rings is 1. The number of benzene rings is 2. The summed E-state index contributed by atoms with van der Waals surface area (Å²) < 4.78 is 26.8. The number of carboxylic acids is 1. The molecule has 1 aliphatic carbocycles. The van der Waals surface area contributed by atoms with Crippen LogP contribution in [-0.4, -0.2) is 52.4 Å². The molecule has 8 nitrogen and oxygen atoms in total. The first-order chi connectivity index (χ1) is 18.4. The third kappa shape index (κ3) is 5.19. The molecular formula is C29H34FN3O5. The Hall–Kier alpha value is -3.62. The maximum Gasteiger partial charge on any atom is 0.409 e. The van der Waals surface area contributed by atoms with Crippen molar-refractivity contribution in [1.29, 1.82) is 0 Å². The first-order valence-corrected chi connectivity index (χ1v) is 13.3. The van der Waals surface area contributed by atoms with E-state index >= 15 is 0 Å². The minimum Gasteiger partial charge on any atom is -0.497 e. The van der Waals surface area contributed by atoms with Gasteiger partial charge in [0.05, 0.1) is 38.2 Å². The molecule has 2 heterocycles. The van der Waals surface area contributed by atoms with Crippen molar-refractivity contribution in [3.8, 4) is 5.75 Å². The van der Waals surface area contributed by atoms with E-state index in [-0.39, 0.29) is 18.4 Å². The molecule has 0 radical (unpaired) electrons. The molecule has 1 aromatic heterocycles. The largest absolute Gasteiger partial charge is 0.497 e. The Balaban J connectivity index is 1.62. The fourth-order valence-corrected chi connectivity index (χ4v) is 6.05. The number of rotatable bonds is 7. The number of aliphatic carboxylic acids is 1. The lowest BCUT2D eigenvalue weighted by atomic mass is 9.88. The van der Waals surface area contributed by atoms with E-state index in [2.05, 4.69) is 16.7 Å². The average Bonchev–Trinajstić information content (AvgIpc) is 3.30. The minimum absolute atomic E-state index is 0.155. The summed E-state index contributed by atoms with van der Waals surface area (Å²) in [6.45, 7) is 1.35. The molecule has 0 unspecified atom stereocenters. The van der Waals surface area contributed by atoms with Gasteiger partial charge in [-0.15, -0.1) is 0 Å². The first kappa shape index (κ1) is 26.0. The molecule has 0 spiro atoms. The summed E-state index contributed by atoms with van der Waals surface area (Å²) in [5.41, 5.74) is 4.51. The Morgan fingerprint density at radius 3 is 2.66 bits per heavy atom. The Morgan fingerprint density at radius 2 is 1.95 bits per heavy atom. The average molecular weight is 524 g/mol. The normalized spacial score (nSPS) is 16.8. The maximum atomic E-state index is 14.4. The number of hydrogen-bond donors (Lipinski definition) is 1. The van der Waals surface area contributed by atoms with Crippen LogP contribution in [0.2, 0.25) is 0 Å². The monoisotopic (exact) mass is 523 g/mol. The van der Waals surface area contributed by atoms with E-state index in [0.717, 1.165) is 60.1 Å². The summed E-state index contributed by atoms with van der Waals surface area (Å²) in [7, 11) is 2.86. The van der Waals surface area contributed by atoms with Crippen molar-refractivity contribution >= 4 is 23.1 Å². The number of ether oxygens (including phenoxy) is 2. The van der Waals surface area contributed by atoms with E-state index in [9.17, 15) is 19.1 Å². The Bertz CT molecular complexity index is 1350. The van der Waals surface area contributed by atoms with Crippen LogP contribution < -0.4 is 4.74 Å². The zero-order valence-corrected chi connectivity index (χ0v) is 21.9. The molecular weight excluding hydrogens is 489 g/mol. The second-order valence-electron chi connectivity index (χ2n) is 10.3. The van der Waals surface area contributed by atoms with Gasteiger partial charge in [0, 0.05) is 36.6 Å². The van der Waals surface area contributed by atoms with E-state index in [4.69, 9.17) is 14.5 Å². The van der Waals surface area contributed by atoms with Crippen LogP contribution in [0, 0.1) is 5.82 Å². The van der Waals surface area contributed by atoms with E-state index in [0.29, 0.717) is 30.9 Å². The molecule has 1 aliphatic heterocycles. The number of nitrogens with zero attached hydrogens (tertiary/aromatic N) is 3. The van der Waals surface area contributed by atoms with Crippen LogP contribution >= 0.6 is 0 Å². The molecule has 1 atom stereocenters. The Morgan fingerprint density at radius 1 is 1.16 bits per heavy atom. The van der Waals surface area contributed by atoms with Crippen LogP contribution in [0.25, 0.3) is 11.0 Å². The second-order valence-corrected chi connectivity index (χ2v) is 10.3. The maximum absolute atomic E-state index is 14.4. The number of carbonyl (C=O) groups is 2. The molecule has 1 N–H and O–H groups in total. The SMILES string of the molecule is COC(=O)N1CCc2ccc3c(nc(C4CCCCC4)n3C[C@H](CC(=O)O)c3cc(F)cc(OC)c3)c2C1. The van der Waals surface area contributed by atoms with Crippen molar-refractivity contribution in [3.05, 3.63) is 58.7 Å². The lowest BCUT2D eigenvalue weighted by Gasteiger charge is -2.28. The quantitative estimate of drug-likeness (QED) is 0.432. The fourth-order valence-electron chi connectivity index (χ4n) is 6.05. The van der Waals surface area contributed by atoms with Gasteiger partial charge in [0.2, 0.25) is 0 Å². The predicted molar refractivity (Wildman–Crippen MR) is 140 cm³/mol. The van der Waals surface area contributed by atoms with Gasteiger partial charge >= 0.3 is 12.1 Å². The number of hydrogen-bond acceptors (Lipinski definition) is 5. The van der Waals surface area contributed by atoms with E-state index in [1.807, 2.05) is 0 Å². The lowest BCUT2D eigenvalue weighted by Crippen LogP contribution is -2.35. The number of methoxy groups -OCH3 is 2. The number of carbonyl (C=O) groups excluding carboxylic acids is 1. The zero-order chi connectivity index (χ0) is 26.8. The molecule has 1 saturated carbocycles. The molecule has 3 aromatic rings. The van der Waals surface area contributed by atoms with Gasteiger partial charge in [-0.25, -0.2) is 14.2 Å². The third-order valence-electron chi connectivity index (χ3n) is 7.98. The lowest BCUT2D eigenvalue weighted by molar-refractivity contribution is -0.137. The highest BCUT2D eigenvalue weighted by atomic mass is 19.1. The smallest absolute Gasteiger partial charge is 0.409 e. The molecule has 9 heteroatoms. The second kappa shape index (κ2) is 11.0. The fraction of sp³-hybridized carbons (Fsp3) is 0.483. The number of halogens is 1. The van der Waals surface area contributed by atoms with Gasteiger partial charge in [-0.2, -0.15) is 0 Å². The summed E-state index contributed by atoms with van der Waals surface area (Å²) in [6.07, 6.45) is 5.71. The van der Waals surface area contributed by atoms with Crippen LogP contribution in [0.5, 0.6) is 5.75 Å². The van der Waals surface area contributed by atoms with Crippen molar-refractivity contribution in [2.45, 2.75) is 69.9 Å².